The first kappa shape index (κ1) is 13.7. The van der Waals surface area contributed by atoms with Gasteiger partial charge in [0, 0.05) is 11.4 Å². The van der Waals surface area contributed by atoms with Crippen molar-refractivity contribution in [2.45, 2.75) is 40.0 Å². The fourth-order valence-corrected chi connectivity index (χ4v) is 2.60. The lowest BCUT2D eigenvalue weighted by molar-refractivity contribution is 1.04. The molecule has 0 aliphatic carbocycles. The quantitative estimate of drug-likeness (QED) is 0.780. The van der Waals surface area contributed by atoms with E-state index in [-0.39, 0.29) is 0 Å². The number of nitrogens with one attached hydrogen (secondary N) is 1. The van der Waals surface area contributed by atoms with Crippen LogP contribution in [0.3, 0.4) is 0 Å². The molecule has 1 nitrogen and oxygen atoms in total. The monoisotopic (exact) mass is 253 g/mol. The molecular weight excluding hydrogens is 230 g/mol. The number of anilines is 2. The molecule has 2 rings (SSSR count). The first-order valence-corrected chi connectivity index (χ1v) is 7.25. The molecular formula is C18H23N. The molecule has 2 aromatic rings. The maximum Gasteiger partial charge on any atom is 0.0419 e. The smallest absolute Gasteiger partial charge is 0.0419 e. The van der Waals surface area contributed by atoms with Crippen molar-refractivity contribution < 1.29 is 0 Å². The van der Waals surface area contributed by atoms with Gasteiger partial charge in [-0.2, -0.15) is 0 Å². The second kappa shape index (κ2) is 6.42. The van der Waals surface area contributed by atoms with E-state index in [1.54, 1.807) is 0 Å². The predicted octanol–water partition coefficient (Wildman–Crippen LogP) is 5.12. The zero-order valence-corrected chi connectivity index (χ0v) is 12.2. The van der Waals surface area contributed by atoms with Crippen LogP contribution in [0.2, 0.25) is 0 Å². The Labute approximate surface area is 116 Å². The standard InChI is InChI=1S/C18H23N/c1-4-14-11-9-13-18(16(14)6-3)19-17-12-8-7-10-15(17)5-2/h7-13,19H,4-6H2,1-3H3. The summed E-state index contributed by atoms with van der Waals surface area (Å²) in [4.78, 5) is 0. The van der Waals surface area contributed by atoms with E-state index < -0.39 is 0 Å². The van der Waals surface area contributed by atoms with Gasteiger partial charge in [-0.1, -0.05) is 51.1 Å². The minimum Gasteiger partial charge on any atom is -0.355 e. The second-order valence-corrected chi connectivity index (χ2v) is 4.79. The Morgan fingerprint density at radius 1 is 0.684 bits per heavy atom. The van der Waals surface area contributed by atoms with Gasteiger partial charge in [0.05, 0.1) is 0 Å². The second-order valence-electron chi connectivity index (χ2n) is 4.79. The highest BCUT2D eigenvalue weighted by molar-refractivity contribution is 5.67. The van der Waals surface area contributed by atoms with Crippen LogP contribution in [-0.2, 0) is 19.3 Å². The molecule has 100 valence electrons. The van der Waals surface area contributed by atoms with E-state index >= 15 is 0 Å². The number of rotatable bonds is 5. The summed E-state index contributed by atoms with van der Waals surface area (Å²) in [7, 11) is 0. The lowest BCUT2D eigenvalue weighted by Crippen LogP contribution is -2.01. The van der Waals surface area contributed by atoms with Gasteiger partial charge in [-0.3, -0.25) is 0 Å². The third-order valence-corrected chi connectivity index (χ3v) is 3.68. The number of para-hydroxylation sites is 1. The van der Waals surface area contributed by atoms with Crippen molar-refractivity contribution in [2.75, 3.05) is 5.32 Å². The highest BCUT2D eigenvalue weighted by Crippen LogP contribution is 2.27. The van der Waals surface area contributed by atoms with Crippen LogP contribution in [0.25, 0.3) is 0 Å². The van der Waals surface area contributed by atoms with Gasteiger partial charge in [0.1, 0.15) is 0 Å². The van der Waals surface area contributed by atoms with Gasteiger partial charge < -0.3 is 5.32 Å². The summed E-state index contributed by atoms with van der Waals surface area (Å²) in [5.41, 5.74) is 6.74. The molecule has 0 aliphatic heterocycles. The van der Waals surface area contributed by atoms with Crippen LogP contribution in [0.15, 0.2) is 42.5 Å². The van der Waals surface area contributed by atoms with E-state index in [1.807, 2.05) is 0 Å². The summed E-state index contributed by atoms with van der Waals surface area (Å²) in [5, 5.41) is 3.62. The molecule has 19 heavy (non-hydrogen) atoms. The minimum absolute atomic E-state index is 1.05. The van der Waals surface area contributed by atoms with Gasteiger partial charge in [0.25, 0.3) is 0 Å². The van der Waals surface area contributed by atoms with Crippen molar-refractivity contribution in [3.05, 3.63) is 59.2 Å². The molecule has 0 radical (unpaired) electrons. The first-order chi connectivity index (χ1) is 9.30. The van der Waals surface area contributed by atoms with Gasteiger partial charge in [-0.15, -0.1) is 0 Å². The van der Waals surface area contributed by atoms with Crippen LogP contribution in [0.5, 0.6) is 0 Å². The summed E-state index contributed by atoms with van der Waals surface area (Å²) in [6.07, 6.45) is 3.22. The molecule has 2 aromatic carbocycles. The third-order valence-electron chi connectivity index (χ3n) is 3.68. The molecule has 1 N–H and O–H groups in total. The van der Waals surface area contributed by atoms with Crippen LogP contribution < -0.4 is 5.32 Å². The molecule has 0 aliphatic rings. The minimum atomic E-state index is 1.05. The summed E-state index contributed by atoms with van der Waals surface area (Å²) in [5.74, 6) is 0. The van der Waals surface area contributed by atoms with Gasteiger partial charge in [0.15, 0.2) is 0 Å². The normalized spacial score (nSPS) is 10.5. The van der Waals surface area contributed by atoms with Crippen molar-refractivity contribution in [3.63, 3.8) is 0 Å². The molecule has 0 bridgehead atoms. The van der Waals surface area contributed by atoms with Crippen molar-refractivity contribution in [3.8, 4) is 0 Å². The fourth-order valence-electron chi connectivity index (χ4n) is 2.60. The topological polar surface area (TPSA) is 12.0 Å². The van der Waals surface area contributed by atoms with E-state index in [1.165, 1.54) is 28.1 Å². The van der Waals surface area contributed by atoms with Gasteiger partial charge >= 0.3 is 0 Å². The summed E-state index contributed by atoms with van der Waals surface area (Å²) in [6.45, 7) is 6.65. The summed E-state index contributed by atoms with van der Waals surface area (Å²) >= 11 is 0. The number of benzene rings is 2. The average molecular weight is 253 g/mol. The van der Waals surface area contributed by atoms with Gasteiger partial charge in [-0.25, -0.2) is 0 Å². The average Bonchev–Trinajstić information content (AvgIpc) is 2.47. The van der Waals surface area contributed by atoms with E-state index in [0.717, 1.165) is 19.3 Å². The van der Waals surface area contributed by atoms with Crippen molar-refractivity contribution in [1.82, 2.24) is 0 Å². The Kier molecular flexibility index (Phi) is 4.62. The number of hydrogen-bond donors (Lipinski definition) is 1. The molecule has 0 unspecified atom stereocenters. The first-order valence-electron chi connectivity index (χ1n) is 7.25. The Balaban J connectivity index is 2.38. The number of hydrogen-bond acceptors (Lipinski definition) is 1. The molecule has 0 aromatic heterocycles. The SMILES string of the molecule is CCc1ccccc1Nc1cccc(CC)c1CC. The van der Waals surface area contributed by atoms with Crippen LogP contribution in [0, 0.1) is 0 Å². The molecule has 0 atom stereocenters. The molecule has 0 heterocycles. The van der Waals surface area contributed by atoms with E-state index in [0.29, 0.717) is 0 Å². The van der Waals surface area contributed by atoms with Gasteiger partial charge in [0.2, 0.25) is 0 Å². The molecule has 0 fully saturated rings. The Bertz CT molecular complexity index is 543. The molecule has 0 saturated heterocycles. The molecule has 0 saturated carbocycles. The summed E-state index contributed by atoms with van der Waals surface area (Å²) < 4.78 is 0. The zero-order chi connectivity index (χ0) is 13.7. The fraction of sp³-hybridized carbons (Fsp3) is 0.333. The molecule has 0 spiro atoms. The van der Waals surface area contributed by atoms with E-state index in [9.17, 15) is 0 Å². The highest BCUT2D eigenvalue weighted by Gasteiger charge is 2.07. The predicted molar refractivity (Wildman–Crippen MR) is 84.3 cm³/mol. The Morgan fingerprint density at radius 3 is 2.00 bits per heavy atom. The van der Waals surface area contributed by atoms with Crippen molar-refractivity contribution in [1.29, 1.82) is 0 Å². The van der Waals surface area contributed by atoms with Crippen LogP contribution in [0.1, 0.15) is 37.5 Å². The Morgan fingerprint density at radius 2 is 1.32 bits per heavy atom. The van der Waals surface area contributed by atoms with Crippen LogP contribution >= 0.6 is 0 Å². The van der Waals surface area contributed by atoms with Crippen molar-refractivity contribution >= 4 is 11.4 Å². The zero-order valence-electron chi connectivity index (χ0n) is 12.2. The highest BCUT2D eigenvalue weighted by atomic mass is 14.9. The van der Waals surface area contributed by atoms with Crippen LogP contribution in [0.4, 0.5) is 11.4 Å². The number of aryl methyl sites for hydroxylation is 2. The Hall–Kier alpha value is -1.76. The molecule has 0 amide bonds. The maximum absolute atomic E-state index is 3.62. The largest absolute Gasteiger partial charge is 0.355 e. The molecule has 1 heteroatoms. The van der Waals surface area contributed by atoms with E-state index in [4.69, 9.17) is 0 Å². The van der Waals surface area contributed by atoms with Crippen LogP contribution in [-0.4, -0.2) is 0 Å². The maximum atomic E-state index is 3.62. The lowest BCUT2D eigenvalue weighted by atomic mass is 10.0. The summed E-state index contributed by atoms with van der Waals surface area (Å²) in [6, 6.07) is 15.1. The third kappa shape index (κ3) is 2.98. The van der Waals surface area contributed by atoms with E-state index in [2.05, 4.69) is 68.6 Å². The lowest BCUT2D eigenvalue weighted by Gasteiger charge is -2.16. The van der Waals surface area contributed by atoms with Crippen molar-refractivity contribution in [2.24, 2.45) is 0 Å². The van der Waals surface area contributed by atoms with Gasteiger partial charge in [-0.05, 0) is 48.1 Å².